The van der Waals surface area contributed by atoms with Gasteiger partial charge in [-0.05, 0) is 55.7 Å². The van der Waals surface area contributed by atoms with E-state index >= 15 is 0 Å². The highest BCUT2D eigenvalue weighted by Gasteiger charge is 2.46. The molecule has 2 aromatic rings. The summed E-state index contributed by atoms with van der Waals surface area (Å²) in [6, 6.07) is 7.32. The highest BCUT2D eigenvalue weighted by atomic mass is 16.6. The second-order valence-corrected chi connectivity index (χ2v) is 10.4. The summed E-state index contributed by atoms with van der Waals surface area (Å²) < 4.78 is 2.11. The van der Waals surface area contributed by atoms with Crippen LogP contribution >= 0.6 is 0 Å². The first-order valence-corrected chi connectivity index (χ1v) is 11.4. The Hall–Kier alpha value is -2.57. The second kappa shape index (κ2) is 9.74. The van der Waals surface area contributed by atoms with Crippen molar-refractivity contribution in [1.82, 2.24) is 9.55 Å². The van der Waals surface area contributed by atoms with Crippen molar-refractivity contribution in [2.45, 2.75) is 71.1 Å². The number of benzene rings is 1. The van der Waals surface area contributed by atoms with E-state index in [1.165, 1.54) is 6.20 Å². The molecule has 1 saturated carbocycles. The van der Waals surface area contributed by atoms with Gasteiger partial charge in [0.1, 0.15) is 0 Å². The van der Waals surface area contributed by atoms with Crippen molar-refractivity contribution in [2.24, 2.45) is 27.5 Å². The number of nitrogens with zero attached hydrogens (tertiary/aromatic N) is 4. The minimum absolute atomic E-state index is 0.0695. The first-order valence-electron chi connectivity index (χ1n) is 11.4. The summed E-state index contributed by atoms with van der Waals surface area (Å²) in [5.41, 5.74) is 8.46. The lowest BCUT2D eigenvalue weighted by Gasteiger charge is -2.46. The van der Waals surface area contributed by atoms with Crippen LogP contribution in [0.4, 0.5) is 0 Å². The fourth-order valence-corrected chi connectivity index (χ4v) is 5.36. The molecule has 1 aromatic heterocycles. The molecule has 1 unspecified atom stereocenters. The Morgan fingerprint density at radius 3 is 2.88 bits per heavy atom. The third kappa shape index (κ3) is 5.33. The molecule has 8 heteroatoms. The van der Waals surface area contributed by atoms with Gasteiger partial charge in [0.25, 0.3) is 0 Å². The Kier molecular flexibility index (Phi) is 7.39. The number of aliphatic hydroxyl groups is 1. The molecule has 33 heavy (non-hydrogen) atoms. The monoisotopic (exact) mass is 452 g/mol. The van der Waals surface area contributed by atoms with Crippen LogP contribution in [0.1, 0.15) is 58.4 Å². The van der Waals surface area contributed by atoms with Crippen molar-refractivity contribution in [2.75, 3.05) is 6.61 Å². The molecule has 0 saturated heterocycles. The fourth-order valence-electron chi connectivity index (χ4n) is 5.36. The van der Waals surface area contributed by atoms with Gasteiger partial charge in [-0.2, -0.15) is 5.26 Å². The largest absolute Gasteiger partial charge is 0.395 e. The second-order valence-electron chi connectivity index (χ2n) is 10.4. The molecular weight excluding hydrogens is 416 g/mol. The normalized spacial score (nSPS) is 25.1. The zero-order valence-electron chi connectivity index (χ0n) is 19.9. The molecule has 1 aliphatic carbocycles. The molecule has 178 valence electrons. The molecule has 5 N–H and O–H groups in total. The minimum atomic E-state index is -0.603. The van der Waals surface area contributed by atoms with Gasteiger partial charge in [-0.3, -0.25) is 9.83 Å². The first kappa shape index (κ1) is 25.1. The van der Waals surface area contributed by atoms with Crippen molar-refractivity contribution in [3.63, 3.8) is 0 Å². The van der Waals surface area contributed by atoms with E-state index in [1.54, 1.807) is 6.07 Å². The summed E-state index contributed by atoms with van der Waals surface area (Å²) in [7, 11) is 0. The van der Waals surface area contributed by atoms with Crippen molar-refractivity contribution >= 4 is 16.7 Å². The van der Waals surface area contributed by atoms with E-state index in [9.17, 15) is 10.4 Å². The molecule has 1 aromatic carbocycles. The van der Waals surface area contributed by atoms with Crippen LogP contribution in [0.25, 0.3) is 11.0 Å². The standard InChI is InChI=1S/C25H36N6O2/c1-5-29-22(23(2,3)16-32)19(27)12-25(33-28)10-6-9-24(4,14-25)15-31-17-30-20-8-7-18(13-26)11-21(20)31/h5,7-8,11,17,19,32H,1,6,9-10,12,14-16,27-28H2,2-4H3/t19?,24-,25-/m0/s1. The molecule has 1 aliphatic rings. The van der Waals surface area contributed by atoms with Crippen LogP contribution in [0.3, 0.4) is 0 Å². The number of fused-ring (bicyclic) bond motifs is 1. The molecule has 0 spiro atoms. The summed E-state index contributed by atoms with van der Waals surface area (Å²) >= 11 is 0. The van der Waals surface area contributed by atoms with E-state index in [1.807, 2.05) is 32.3 Å². The number of aliphatic hydroxyl groups excluding tert-OH is 1. The van der Waals surface area contributed by atoms with Crippen LogP contribution in [0.2, 0.25) is 0 Å². The maximum absolute atomic E-state index is 9.86. The number of imidazole rings is 1. The zero-order valence-corrected chi connectivity index (χ0v) is 19.9. The van der Waals surface area contributed by atoms with Crippen LogP contribution in [0.5, 0.6) is 0 Å². The Morgan fingerprint density at radius 1 is 1.48 bits per heavy atom. The molecule has 0 aliphatic heterocycles. The van der Waals surface area contributed by atoms with E-state index < -0.39 is 17.1 Å². The van der Waals surface area contributed by atoms with Gasteiger partial charge in [-0.15, -0.1) is 0 Å². The third-order valence-corrected chi connectivity index (χ3v) is 6.98. The molecular formula is C25H36N6O2. The predicted molar refractivity (Wildman–Crippen MR) is 130 cm³/mol. The molecule has 0 radical (unpaired) electrons. The van der Waals surface area contributed by atoms with Gasteiger partial charge in [-0.25, -0.2) is 10.9 Å². The Balaban J connectivity index is 1.85. The zero-order chi connectivity index (χ0) is 24.3. The van der Waals surface area contributed by atoms with Gasteiger partial charge in [-0.1, -0.05) is 27.4 Å². The minimum Gasteiger partial charge on any atom is -0.395 e. The molecule has 0 bridgehead atoms. The van der Waals surface area contributed by atoms with Crippen LogP contribution in [0, 0.1) is 22.2 Å². The quantitative estimate of drug-likeness (QED) is 0.394. The van der Waals surface area contributed by atoms with Crippen molar-refractivity contribution in [3.05, 3.63) is 42.9 Å². The molecule has 3 rings (SSSR count). The number of rotatable bonds is 9. The lowest BCUT2D eigenvalue weighted by molar-refractivity contribution is -0.112. The summed E-state index contributed by atoms with van der Waals surface area (Å²) in [5.74, 6) is 5.90. The van der Waals surface area contributed by atoms with E-state index in [2.05, 4.69) is 34.1 Å². The first-order chi connectivity index (χ1) is 15.6. The van der Waals surface area contributed by atoms with E-state index in [0.717, 1.165) is 43.3 Å². The predicted octanol–water partition coefficient (Wildman–Crippen LogP) is 3.44. The summed E-state index contributed by atoms with van der Waals surface area (Å²) in [5, 5.41) is 19.1. The summed E-state index contributed by atoms with van der Waals surface area (Å²) in [4.78, 5) is 14.6. The van der Waals surface area contributed by atoms with Crippen LogP contribution in [-0.4, -0.2) is 38.6 Å². The van der Waals surface area contributed by atoms with Gasteiger partial charge in [0.05, 0.1) is 41.2 Å². The van der Waals surface area contributed by atoms with E-state index in [0.29, 0.717) is 17.7 Å². The van der Waals surface area contributed by atoms with Gasteiger partial charge >= 0.3 is 0 Å². The lowest BCUT2D eigenvalue weighted by Crippen LogP contribution is -2.52. The van der Waals surface area contributed by atoms with Crippen LogP contribution < -0.4 is 11.6 Å². The smallest absolute Gasteiger partial charge is 0.0992 e. The number of nitrogens with two attached hydrogens (primary N) is 2. The highest BCUT2D eigenvalue weighted by molar-refractivity contribution is 5.94. The van der Waals surface area contributed by atoms with Gasteiger partial charge < -0.3 is 15.4 Å². The molecule has 1 fully saturated rings. The average molecular weight is 453 g/mol. The maximum Gasteiger partial charge on any atom is 0.0992 e. The van der Waals surface area contributed by atoms with E-state index in [-0.39, 0.29) is 12.0 Å². The average Bonchev–Trinajstić information content (AvgIpc) is 3.18. The Labute approximate surface area is 195 Å². The van der Waals surface area contributed by atoms with Gasteiger partial charge in [0.15, 0.2) is 0 Å². The van der Waals surface area contributed by atoms with Crippen LogP contribution in [0.15, 0.2) is 42.3 Å². The van der Waals surface area contributed by atoms with Crippen molar-refractivity contribution in [1.29, 1.82) is 5.26 Å². The van der Waals surface area contributed by atoms with Crippen molar-refractivity contribution in [3.8, 4) is 6.07 Å². The number of aromatic nitrogens is 2. The molecule has 8 nitrogen and oxygen atoms in total. The Morgan fingerprint density at radius 2 is 2.24 bits per heavy atom. The Bertz CT molecular complexity index is 1070. The summed E-state index contributed by atoms with van der Waals surface area (Å²) in [6.07, 6.45) is 7.29. The molecule has 3 atom stereocenters. The third-order valence-electron chi connectivity index (χ3n) is 6.98. The lowest BCUT2D eigenvalue weighted by atomic mass is 9.66. The highest BCUT2D eigenvalue weighted by Crippen LogP contribution is 2.46. The maximum atomic E-state index is 9.86. The molecule has 0 amide bonds. The van der Waals surface area contributed by atoms with E-state index in [4.69, 9.17) is 16.5 Å². The molecule has 1 heterocycles. The number of hydrogen-bond donors (Lipinski definition) is 3. The van der Waals surface area contributed by atoms with Crippen LogP contribution in [-0.2, 0) is 11.4 Å². The van der Waals surface area contributed by atoms with Gasteiger partial charge in [0.2, 0.25) is 0 Å². The number of hydrogen-bond acceptors (Lipinski definition) is 7. The van der Waals surface area contributed by atoms with Crippen molar-refractivity contribution < 1.29 is 9.94 Å². The number of nitriles is 1. The SMILES string of the molecule is C=CN=C(C(N)C[C@@]1(ON)CCC[C@](C)(Cn2cnc3ccc(C#N)cc32)C1)C(C)(C)CO. The number of aliphatic imine (C=N–C) groups is 1. The summed E-state index contributed by atoms with van der Waals surface area (Å²) in [6.45, 7) is 10.4. The van der Waals surface area contributed by atoms with Gasteiger partial charge in [0, 0.05) is 29.9 Å². The fraction of sp³-hybridized carbons (Fsp3) is 0.560. The topological polar surface area (TPSA) is 135 Å².